The van der Waals surface area contributed by atoms with E-state index in [0.29, 0.717) is 0 Å². The van der Waals surface area contributed by atoms with E-state index in [1.807, 2.05) is 42.5 Å². The number of benzene rings is 2. The summed E-state index contributed by atoms with van der Waals surface area (Å²) in [6, 6.07) is 15.3. The van der Waals surface area contributed by atoms with Crippen molar-refractivity contribution in [2.75, 3.05) is 0 Å². The lowest BCUT2D eigenvalue weighted by Gasteiger charge is -1.98. The SMILES string of the molecule is Oc1ccccc1-c1nc2ccccc2s1.P. The fourth-order valence-electron chi connectivity index (χ4n) is 1.64. The Kier molecular flexibility index (Phi) is 3.41. The molecule has 1 heterocycles. The molecule has 0 saturated carbocycles. The monoisotopic (exact) mass is 261 g/mol. The molecule has 1 unspecified atom stereocenters. The van der Waals surface area contributed by atoms with Crippen molar-refractivity contribution in [1.82, 2.24) is 4.98 Å². The van der Waals surface area contributed by atoms with E-state index in [9.17, 15) is 5.11 Å². The molecule has 3 aromatic rings. The quantitative estimate of drug-likeness (QED) is 0.677. The highest BCUT2D eigenvalue weighted by atomic mass is 32.1. The van der Waals surface area contributed by atoms with Crippen LogP contribution >= 0.6 is 21.2 Å². The van der Waals surface area contributed by atoms with Crippen LogP contribution in [0.4, 0.5) is 0 Å². The van der Waals surface area contributed by atoms with E-state index in [2.05, 4.69) is 4.98 Å². The van der Waals surface area contributed by atoms with Gasteiger partial charge in [0.1, 0.15) is 10.8 Å². The Balaban J connectivity index is 0.00000108. The molecule has 0 spiro atoms. The smallest absolute Gasteiger partial charge is 0.128 e. The fraction of sp³-hybridized carbons (Fsp3) is 0. The highest BCUT2D eigenvalue weighted by molar-refractivity contribution is 7.21. The fourth-order valence-corrected chi connectivity index (χ4v) is 2.64. The molecule has 0 aliphatic rings. The molecule has 2 aromatic carbocycles. The van der Waals surface area contributed by atoms with Crippen molar-refractivity contribution in [1.29, 1.82) is 0 Å². The number of phenols is 1. The third kappa shape index (κ3) is 2.17. The van der Waals surface area contributed by atoms with Crippen LogP contribution < -0.4 is 0 Å². The second-order valence-corrected chi connectivity index (χ2v) is 4.53. The molecule has 1 aromatic heterocycles. The first-order chi connectivity index (χ1) is 7.84. The molecule has 1 N–H and O–H groups in total. The van der Waals surface area contributed by atoms with E-state index in [4.69, 9.17) is 0 Å². The Morgan fingerprint density at radius 1 is 0.941 bits per heavy atom. The van der Waals surface area contributed by atoms with Gasteiger partial charge in [-0.1, -0.05) is 24.3 Å². The molecule has 0 aliphatic heterocycles. The van der Waals surface area contributed by atoms with E-state index < -0.39 is 0 Å². The Labute approximate surface area is 107 Å². The molecule has 2 nitrogen and oxygen atoms in total. The number of hydrogen-bond donors (Lipinski definition) is 1. The van der Waals surface area contributed by atoms with Crippen molar-refractivity contribution in [3.8, 4) is 16.3 Å². The average Bonchev–Trinajstić information content (AvgIpc) is 2.73. The van der Waals surface area contributed by atoms with E-state index in [0.717, 1.165) is 20.8 Å². The predicted octanol–water partition coefficient (Wildman–Crippen LogP) is 3.73. The molecule has 0 saturated heterocycles. The molecule has 3 rings (SSSR count). The minimum Gasteiger partial charge on any atom is -0.507 e. The van der Waals surface area contributed by atoms with Crippen LogP contribution in [-0.4, -0.2) is 10.1 Å². The van der Waals surface area contributed by atoms with Crippen LogP contribution in [0.1, 0.15) is 0 Å². The van der Waals surface area contributed by atoms with Gasteiger partial charge in [0.05, 0.1) is 15.8 Å². The van der Waals surface area contributed by atoms with Gasteiger partial charge >= 0.3 is 0 Å². The minimum absolute atomic E-state index is 0. The van der Waals surface area contributed by atoms with Crippen LogP contribution in [0.3, 0.4) is 0 Å². The topological polar surface area (TPSA) is 33.1 Å². The van der Waals surface area contributed by atoms with Crippen LogP contribution in [0.5, 0.6) is 5.75 Å². The van der Waals surface area contributed by atoms with Crippen LogP contribution in [-0.2, 0) is 0 Å². The maximum absolute atomic E-state index is 9.76. The minimum atomic E-state index is 0. The van der Waals surface area contributed by atoms with Crippen LogP contribution in [0, 0.1) is 0 Å². The number of rotatable bonds is 1. The summed E-state index contributed by atoms with van der Waals surface area (Å²) in [7, 11) is 0. The molecule has 0 radical (unpaired) electrons. The summed E-state index contributed by atoms with van der Waals surface area (Å²) >= 11 is 1.59. The first kappa shape index (κ1) is 12.0. The number of nitrogens with zero attached hydrogens (tertiary/aromatic N) is 1. The van der Waals surface area contributed by atoms with Crippen molar-refractivity contribution in [3.63, 3.8) is 0 Å². The summed E-state index contributed by atoms with van der Waals surface area (Å²) < 4.78 is 1.14. The van der Waals surface area contributed by atoms with E-state index >= 15 is 0 Å². The molecule has 0 fully saturated rings. The first-order valence-corrected chi connectivity index (χ1v) is 5.80. The summed E-state index contributed by atoms with van der Waals surface area (Å²) in [5.74, 6) is 0.279. The number of aromatic nitrogens is 1. The third-order valence-corrected chi connectivity index (χ3v) is 3.50. The Hall–Kier alpha value is -1.44. The molecule has 0 bridgehead atoms. The molecule has 86 valence electrons. The van der Waals surface area contributed by atoms with Crippen molar-refractivity contribution in [2.24, 2.45) is 0 Å². The van der Waals surface area contributed by atoms with Gasteiger partial charge < -0.3 is 5.11 Å². The van der Waals surface area contributed by atoms with Gasteiger partial charge in [-0.3, -0.25) is 0 Å². The largest absolute Gasteiger partial charge is 0.507 e. The van der Waals surface area contributed by atoms with Gasteiger partial charge in [0, 0.05) is 0 Å². The van der Waals surface area contributed by atoms with Gasteiger partial charge in [0.25, 0.3) is 0 Å². The second kappa shape index (κ2) is 4.82. The molecule has 4 heteroatoms. The summed E-state index contributed by atoms with van der Waals surface area (Å²) in [6.45, 7) is 0. The summed E-state index contributed by atoms with van der Waals surface area (Å²) in [5.41, 5.74) is 1.77. The number of hydrogen-bond acceptors (Lipinski definition) is 3. The summed E-state index contributed by atoms with van der Waals surface area (Å²) in [4.78, 5) is 4.50. The Morgan fingerprint density at radius 2 is 1.65 bits per heavy atom. The number of fused-ring (bicyclic) bond motifs is 1. The normalized spacial score (nSPS) is 10.1. The molecular weight excluding hydrogens is 249 g/mol. The number of para-hydroxylation sites is 2. The van der Waals surface area contributed by atoms with Crippen molar-refractivity contribution >= 4 is 31.5 Å². The maximum atomic E-state index is 9.76. The van der Waals surface area contributed by atoms with Gasteiger partial charge in [0.15, 0.2) is 0 Å². The van der Waals surface area contributed by atoms with Gasteiger partial charge in [-0.05, 0) is 24.3 Å². The van der Waals surface area contributed by atoms with Gasteiger partial charge in [-0.15, -0.1) is 11.3 Å². The van der Waals surface area contributed by atoms with Gasteiger partial charge in [-0.25, -0.2) is 4.98 Å². The molecular formula is C13H12NOPS. The zero-order valence-corrected chi connectivity index (χ0v) is 11.4. The Morgan fingerprint density at radius 3 is 2.41 bits per heavy atom. The zero-order chi connectivity index (χ0) is 11.0. The molecule has 0 aliphatic carbocycles. The number of aromatic hydroxyl groups is 1. The molecule has 0 amide bonds. The van der Waals surface area contributed by atoms with Crippen molar-refractivity contribution < 1.29 is 5.11 Å². The Bertz CT molecular complexity index is 617. The summed E-state index contributed by atoms with van der Waals surface area (Å²) in [5, 5.41) is 10.6. The average molecular weight is 261 g/mol. The number of phenolic OH excluding ortho intramolecular Hbond substituents is 1. The highest BCUT2D eigenvalue weighted by Crippen LogP contribution is 2.34. The van der Waals surface area contributed by atoms with E-state index in [-0.39, 0.29) is 15.6 Å². The predicted molar refractivity (Wildman–Crippen MR) is 77.8 cm³/mol. The lowest BCUT2D eigenvalue weighted by atomic mass is 10.2. The van der Waals surface area contributed by atoms with Gasteiger partial charge in [-0.2, -0.15) is 9.90 Å². The van der Waals surface area contributed by atoms with Crippen molar-refractivity contribution in [3.05, 3.63) is 48.5 Å². The molecule has 17 heavy (non-hydrogen) atoms. The van der Waals surface area contributed by atoms with Crippen LogP contribution in [0.2, 0.25) is 0 Å². The summed E-state index contributed by atoms with van der Waals surface area (Å²) in [6.07, 6.45) is 0. The van der Waals surface area contributed by atoms with Crippen LogP contribution in [0.15, 0.2) is 48.5 Å². The lowest BCUT2D eigenvalue weighted by Crippen LogP contribution is -1.76. The highest BCUT2D eigenvalue weighted by Gasteiger charge is 2.08. The maximum Gasteiger partial charge on any atom is 0.128 e. The van der Waals surface area contributed by atoms with E-state index in [1.165, 1.54) is 0 Å². The molecule has 1 atom stereocenters. The third-order valence-electron chi connectivity index (χ3n) is 2.43. The zero-order valence-electron chi connectivity index (χ0n) is 9.13. The first-order valence-electron chi connectivity index (χ1n) is 4.98. The van der Waals surface area contributed by atoms with Crippen molar-refractivity contribution in [2.45, 2.75) is 0 Å². The van der Waals surface area contributed by atoms with E-state index in [1.54, 1.807) is 17.4 Å². The van der Waals surface area contributed by atoms with Gasteiger partial charge in [0.2, 0.25) is 0 Å². The van der Waals surface area contributed by atoms with Crippen LogP contribution in [0.25, 0.3) is 20.8 Å². The second-order valence-electron chi connectivity index (χ2n) is 3.50. The standard InChI is InChI=1S/C13H9NOS.H3P/c15-11-7-3-1-5-9(11)13-14-10-6-2-4-8-12(10)16-13;/h1-8,15H;1H3. The number of thiazole rings is 1. The lowest BCUT2D eigenvalue weighted by molar-refractivity contribution is 0.477.